The number of nitrogens with two attached hydrogens (primary N) is 1. The molecule has 0 aliphatic heterocycles. The summed E-state index contributed by atoms with van der Waals surface area (Å²) in [6, 6.07) is 6.61. The van der Waals surface area contributed by atoms with E-state index >= 15 is 0 Å². The summed E-state index contributed by atoms with van der Waals surface area (Å²) in [5.41, 5.74) is 6.93. The molecule has 0 heterocycles. The first-order valence-electron chi connectivity index (χ1n) is 4.54. The number of rotatable bonds is 4. The molecule has 0 bridgehead atoms. The van der Waals surface area contributed by atoms with Gasteiger partial charge in [0.1, 0.15) is 5.75 Å². The van der Waals surface area contributed by atoms with Crippen LogP contribution in [-0.4, -0.2) is 13.2 Å². The van der Waals surface area contributed by atoms with Gasteiger partial charge in [-0.2, -0.15) is 8.78 Å². The number of hydrogen-bond donors (Lipinski definition) is 1. The second-order valence-corrected chi connectivity index (χ2v) is 3.11. The van der Waals surface area contributed by atoms with Gasteiger partial charge in [-0.15, -0.1) is 0 Å². The summed E-state index contributed by atoms with van der Waals surface area (Å²) < 4.78 is 28.5. The number of ether oxygens (including phenoxy) is 1. The predicted octanol–water partition coefficient (Wildman–Crippen LogP) is 2.65. The highest BCUT2D eigenvalue weighted by atomic mass is 19.3. The van der Waals surface area contributed by atoms with E-state index < -0.39 is 6.61 Å². The molecule has 0 aliphatic carbocycles. The smallest absolute Gasteiger partial charge is 0.387 e. The van der Waals surface area contributed by atoms with Crippen LogP contribution >= 0.6 is 0 Å². The van der Waals surface area contributed by atoms with E-state index in [2.05, 4.69) is 4.74 Å². The monoisotopic (exact) mass is 213 g/mol. The summed E-state index contributed by atoms with van der Waals surface area (Å²) >= 11 is 0. The molecule has 0 amide bonds. The van der Waals surface area contributed by atoms with Gasteiger partial charge < -0.3 is 10.5 Å². The van der Waals surface area contributed by atoms with E-state index in [-0.39, 0.29) is 5.75 Å². The normalized spacial score (nSPS) is 11.9. The van der Waals surface area contributed by atoms with Crippen LogP contribution < -0.4 is 10.5 Å². The maximum absolute atomic E-state index is 12.1. The molecule has 0 fully saturated rings. The van der Waals surface area contributed by atoms with Crippen molar-refractivity contribution in [3.63, 3.8) is 0 Å². The van der Waals surface area contributed by atoms with Crippen LogP contribution in [0.5, 0.6) is 5.75 Å². The van der Waals surface area contributed by atoms with Gasteiger partial charge in [0.05, 0.1) is 0 Å². The first-order valence-corrected chi connectivity index (χ1v) is 4.54. The first-order chi connectivity index (χ1) is 7.13. The number of alkyl halides is 2. The van der Waals surface area contributed by atoms with Crippen molar-refractivity contribution in [2.45, 2.75) is 13.5 Å². The zero-order valence-electron chi connectivity index (χ0n) is 8.41. The Morgan fingerprint density at radius 3 is 2.73 bits per heavy atom. The van der Waals surface area contributed by atoms with Crippen molar-refractivity contribution in [1.82, 2.24) is 0 Å². The van der Waals surface area contributed by atoms with E-state index in [4.69, 9.17) is 5.73 Å². The largest absolute Gasteiger partial charge is 0.434 e. The minimum atomic E-state index is -2.81. The lowest BCUT2D eigenvalue weighted by atomic mass is 10.1. The minimum absolute atomic E-state index is 0.167. The molecule has 0 saturated heterocycles. The molecule has 0 aromatic heterocycles. The van der Waals surface area contributed by atoms with Gasteiger partial charge in [0.25, 0.3) is 0 Å². The third kappa shape index (κ3) is 3.67. The molecule has 82 valence electrons. The lowest BCUT2D eigenvalue weighted by Crippen LogP contribution is -2.04. The Hall–Kier alpha value is -1.42. The standard InChI is InChI=1S/C11H13F2NO/c1-8(7-14)6-9-4-2-3-5-10(9)15-11(12)13/h2-6,11H,7,14H2,1H3. The second kappa shape index (κ2) is 5.46. The average molecular weight is 213 g/mol. The molecule has 0 radical (unpaired) electrons. The first kappa shape index (κ1) is 11.7. The molecule has 0 spiro atoms. The van der Waals surface area contributed by atoms with Crippen LogP contribution in [0.2, 0.25) is 0 Å². The molecular weight excluding hydrogens is 200 g/mol. The Kier molecular flexibility index (Phi) is 4.24. The number of para-hydroxylation sites is 1. The van der Waals surface area contributed by atoms with Crippen LogP contribution in [0.4, 0.5) is 8.78 Å². The molecule has 0 aliphatic rings. The maximum Gasteiger partial charge on any atom is 0.387 e. The van der Waals surface area contributed by atoms with E-state index in [9.17, 15) is 8.78 Å². The van der Waals surface area contributed by atoms with E-state index in [1.54, 1.807) is 24.3 Å². The van der Waals surface area contributed by atoms with Crippen LogP contribution in [0.1, 0.15) is 12.5 Å². The minimum Gasteiger partial charge on any atom is -0.434 e. The van der Waals surface area contributed by atoms with Crippen molar-refractivity contribution in [1.29, 1.82) is 0 Å². The molecule has 1 rings (SSSR count). The second-order valence-electron chi connectivity index (χ2n) is 3.11. The highest BCUT2D eigenvalue weighted by Gasteiger charge is 2.07. The van der Waals surface area contributed by atoms with Crippen molar-refractivity contribution in [2.24, 2.45) is 5.73 Å². The van der Waals surface area contributed by atoms with E-state index in [0.717, 1.165) is 5.57 Å². The Balaban J connectivity index is 2.96. The molecular formula is C11H13F2NO. The SMILES string of the molecule is CC(=Cc1ccccc1OC(F)F)CN. The van der Waals surface area contributed by atoms with E-state index in [1.165, 1.54) is 6.07 Å². The number of hydrogen-bond acceptors (Lipinski definition) is 2. The van der Waals surface area contributed by atoms with E-state index in [0.29, 0.717) is 12.1 Å². The topological polar surface area (TPSA) is 35.2 Å². The van der Waals surface area contributed by atoms with E-state index in [1.807, 2.05) is 6.92 Å². The van der Waals surface area contributed by atoms with Crippen molar-refractivity contribution >= 4 is 6.08 Å². The molecule has 0 atom stereocenters. The Labute approximate surface area is 87.4 Å². The van der Waals surface area contributed by atoms with Gasteiger partial charge >= 0.3 is 6.61 Å². The molecule has 0 saturated carbocycles. The Morgan fingerprint density at radius 1 is 1.47 bits per heavy atom. The summed E-state index contributed by atoms with van der Waals surface area (Å²) in [6.07, 6.45) is 1.73. The van der Waals surface area contributed by atoms with Crippen molar-refractivity contribution in [3.05, 3.63) is 35.4 Å². The summed E-state index contributed by atoms with van der Waals surface area (Å²) in [5, 5.41) is 0. The fraction of sp³-hybridized carbons (Fsp3) is 0.273. The Morgan fingerprint density at radius 2 is 2.13 bits per heavy atom. The van der Waals surface area contributed by atoms with Gasteiger partial charge in [-0.1, -0.05) is 29.8 Å². The van der Waals surface area contributed by atoms with Gasteiger partial charge in [-0.25, -0.2) is 0 Å². The zero-order valence-corrected chi connectivity index (χ0v) is 8.41. The molecule has 1 aromatic rings. The quantitative estimate of drug-likeness (QED) is 0.834. The van der Waals surface area contributed by atoms with Crippen LogP contribution in [0.25, 0.3) is 6.08 Å². The van der Waals surface area contributed by atoms with Crippen LogP contribution in [0.15, 0.2) is 29.8 Å². The zero-order chi connectivity index (χ0) is 11.3. The molecule has 2 N–H and O–H groups in total. The Bertz CT molecular complexity index is 350. The fourth-order valence-electron chi connectivity index (χ4n) is 1.13. The number of halogens is 2. The lowest BCUT2D eigenvalue weighted by Gasteiger charge is -2.08. The number of benzene rings is 1. The lowest BCUT2D eigenvalue weighted by molar-refractivity contribution is -0.0499. The van der Waals surface area contributed by atoms with Gasteiger partial charge in [0.2, 0.25) is 0 Å². The third-order valence-corrected chi connectivity index (χ3v) is 1.86. The summed E-state index contributed by atoms with van der Waals surface area (Å²) in [5.74, 6) is 0.167. The highest BCUT2D eigenvalue weighted by Crippen LogP contribution is 2.22. The molecule has 4 heteroatoms. The van der Waals surface area contributed by atoms with Gasteiger partial charge in [0.15, 0.2) is 0 Å². The molecule has 1 aromatic carbocycles. The maximum atomic E-state index is 12.1. The summed E-state index contributed by atoms with van der Waals surface area (Å²) in [7, 11) is 0. The average Bonchev–Trinajstić information content (AvgIpc) is 2.20. The van der Waals surface area contributed by atoms with Gasteiger partial charge in [0, 0.05) is 12.1 Å². The summed E-state index contributed by atoms with van der Waals surface area (Å²) in [6.45, 7) is -0.583. The predicted molar refractivity (Wildman–Crippen MR) is 55.8 cm³/mol. The fourth-order valence-corrected chi connectivity index (χ4v) is 1.13. The summed E-state index contributed by atoms with van der Waals surface area (Å²) in [4.78, 5) is 0. The van der Waals surface area contributed by atoms with Crippen molar-refractivity contribution in [3.8, 4) is 5.75 Å². The molecule has 2 nitrogen and oxygen atoms in total. The van der Waals surface area contributed by atoms with Gasteiger partial charge in [-0.3, -0.25) is 0 Å². The van der Waals surface area contributed by atoms with Crippen LogP contribution in [0, 0.1) is 0 Å². The molecule has 15 heavy (non-hydrogen) atoms. The molecule has 0 unspecified atom stereocenters. The third-order valence-electron chi connectivity index (χ3n) is 1.86. The van der Waals surface area contributed by atoms with Gasteiger partial charge in [-0.05, 0) is 13.0 Å². The highest BCUT2D eigenvalue weighted by molar-refractivity contribution is 5.59. The van der Waals surface area contributed by atoms with Crippen molar-refractivity contribution in [2.75, 3.05) is 6.54 Å². The van der Waals surface area contributed by atoms with Crippen LogP contribution in [0.3, 0.4) is 0 Å². The van der Waals surface area contributed by atoms with Crippen molar-refractivity contribution < 1.29 is 13.5 Å². The van der Waals surface area contributed by atoms with Crippen LogP contribution in [-0.2, 0) is 0 Å².